The van der Waals surface area contributed by atoms with Gasteiger partial charge in [-0.15, -0.1) is 0 Å². The molecule has 2 aromatic heterocycles. The van der Waals surface area contributed by atoms with Crippen molar-refractivity contribution in [3.8, 4) is 16.9 Å². The van der Waals surface area contributed by atoms with Crippen LogP contribution in [0.15, 0.2) is 77.9 Å². The molecule has 1 unspecified atom stereocenters. The van der Waals surface area contributed by atoms with Crippen molar-refractivity contribution in [3.63, 3.8) is 0 Å². The first-order chi connectivity index (χ1) is 22.2. The number of aryl methyl sites for hydroxylation is 1. The second-order valence-corrected chi connectivity index (χ2v) is 11.4. The summed E-state index contributed by atoms with van der Waals surface area (Å²) in [5, 5.41) is 5.80. The lowest BCUT2D eigenvalue weighted by Gasteiger charge is -2.18. The van der Waals surface area contributed by atoms with Gasteiger partial charge in [-0.05, 0) is 80.6 Å². The van der Waals surface area contributed by atoms with Crippen LogP contribution < -0.4 is 16.2 Å². The number of fused-ring (bicyclic) bond motifs is 1. The molecule has 5 rings (SSSR count). The highest BCUT2D eigenvalue weighted by atomic mass is 19.4. The first-order valence-electron chi connectivity index (χ1n) is 14.6. The summed E-state index contributed by atoms with van der Waals surface area (Å²) < 4.78 is 59.6. The molecule has 0 aliphatic carbocycles. The molecule has 1 atom stereocenters. The van der Waals surface area contributed by atoms with Gasteiger partial charge in [0.05, 0.1) is 35.6 Å². The molecule has 5 aromatic rings. The van der Waals surface area contributed by atoms with Crippen LogP contribution in [-0.4, -0.2) is 58.0 Å². The number of benzene rings is 3. The Kier molecular flexibility index (Phi) is 9.03. The van der Waals surface area contributed by atoms with Crippen molar-refractivity contribution < 1.29 is 27.2 Å². The maximum absolute atomic E-state index is 14.3. The van der Waals surface area contributed by atoms with Gasteiger partial charge in [-0.1, -0.05) is 12.1 Å². The van der Waals surface area contributed by atoms with Crippen molar-refractivity contribution in [2.75, 3.05) is 26.5 Å². The van der Waals surface area contributed by atoms with Gasteiger partial charge >= 0.3 is 6.18 Å². The highest BCUT2D eigenvalue weighted by Gasteiger charge is 2.32. The number of amides is 2. The fourth-order valence-electron chi connectivity index (χ4n) is 5.22. The number of hydrogen-bond acceptors (Lipinski definition) is 5. The average molecular weight is 649 g/mol. The standard InChI is InChI=1S/C34H32F4N6O3/c1-19-17-43(28-10-9-25(35)15-27(19)28)26-12-21(11-24(14-26)34(36,37)38)18-44-29(22-7-6-8-23(13-22)32(46)42(4)5)16-40-30(33(44)47)41-31(45)20(2)39-3/h6-17,20,39H,18H2,1-5H3,(H,40,41,45). The van der Waals surface area contributed by atoms with E-state index in [9.17, 15) is 31.9 Å². The van der Waals surface area contributed by atoms with E-state index in [1.54, 1.807) is 70.0 Å². The predicted octanol–water partition coefficient (Wildman–Crippen LogP) is 5.62. The molecule has 0 radical (unpaired) electrons. The van der Waals surface area contributed by atoms with Gasteiger partial charge in [0.25, 0.3) is 11.5 Å². The zero-order valence-corrected chi connectivity index (χ0v) is 26.2. The Morgan fingerprint density at radius 1 is 1.04 bits per heavy atom. The lowest BCUT2D eigenvalue weighted by atomic mass is 10.1. The third-order valence-corrected chi connectivity index (χ3v) is 7.82. The monoisotopic (exact) mass is 648 g/mol. The molecule has 0 spiro atoms. The Labute approximate surface area is 267 Å². The average Bonchev–Trinajstić information content (AvgIpc) is 3.36. The number of likely N-dealkylation sites (N-methyl/N-ethyl adjacent to an activating group) is 1. The summed E-state index contributed by atoms with van der Waals surface area (Å²) in [6, 6.07) is 13.3. The molecule has 9 nitrogen and oxygen atoms in total. The van der Waals surface area contributed by atoms with Gasteiger partial charge < -0.3 is 20.1 Å². The summed E-state index contributed by atoms with van der Waals surface area (Å²) >= 11 is 0. The normalized spacial score (nSPS) is 12.3. The van der Waals surface area contributed by atoms with Gasteiger partial charge in [0.15, 0.2) is 5.82 Å². The highest BCUT2D eigenvalue weighted by Crippen LogP contribution is 2.34. The number of anilines is 1. The highest BCUT2D eigenvalue weighted by molar-refractivity contribution is 5.95. The van der Waals surface area contributed by atoms with Gasteiger partial charge in [-0.25, -0.2) is 9.37 Å². The molecular formula is C34H32F4N6O3. The van der Waals surface area contributed by atoms with Gasteiger partial charge in [-0.3, -0.25) is 19.0 Å². The van der Waals surface area contributed by atoms with E-state index in [1.165, 1.54) is 39.9 Å². The van der Waals surface area contributed by atoms with Crippen LogP contribution in [0, 0.1) is 12.7 Å². The molecule has 0 aliphatic rings. The van der Waals surface area contributed by atoms with E-state index in [0.717, 1.165) is 12.1 Å². The molecule has 2 heterocycles. The maximum Gasteiger partial charge on any atom is 0.416 e. The van der Waals surface area contributed by atoms with E-state index in [0.29, 0.717) is 27.6 Å². The van der Waals surface area contributed by atoms with E-state index < -0.39 is 35.1 Å². The van der Waals surface area contributed by atoms with E-state index in [2.05, 4.69) is 15.6 Å². The second-order valence-electron chi connectivity index (χ2n) is 11.4. The van der Waals surface area contributed by atoms with Crippen LogP contribution in [0.4, 0.5) is 23.4 Å². The summed E-state index contributed by atoms with van der Waals surface area (Å²) in [5.74, 6) is -1.63. The largest absolute Gasteiger partial charge is 0.416 e. The van der Waals surface area contributed by atoms with Gasteiger partial charge in [-0.2, -0.15) is 13.2 Å². The van der Waals surface area contributed by atoms with Crippen LogP contribution in [0.25, 0.3) is 27.8 Å². The van der Waals surface area contributed by atoms with E-state index in [-0.39, 0.29) is 35.2 Å². The van der Waals surface area contributed by atoms with Crippen molar-refractivity contribution in [1.29, 1.82) is 0 Å². The van der Waals surface area contributed by atoms with Crippen molar-refractivity contribution >= 4 is 28.5 Å². The molecule has 0 bridgehead atoms. The third kappa shape index (κ3) is 6.80. The van der Waals surface area contributed by atoms with Crippen molar-refractivity contribution in [2.24, 2.45) is 0 Å². The Balaban J connectivity index is 1.70. The first kappa shape index (κ1) is 33.1. The van der Waals surface area contributed by atoms with Crippen LogP contribution in [0.5, 0.6) is 0 Å². The lowest BCUT2D eigenvalue weighted by Crippen LogP contribution is -2.38. The molecule has 13 heteroatoms. The predicted molar refractivity (Wildman–Crippen MR) is 171 cm³/mol. The number of rotatable bonds is 8. The fraction of sp³-hybridized carbons (Fsp3) is 0.235. The summed E-state index contributed by atoms with van der Waals surface area (Å²) in [6.45, 7) is 2.97. The molecule has 2 N–H and O–H groups in total. The fourth-order valence-corrected chi connectivity index (χ4v) is 5.22. The van der Waals surface area contributed by atoms with Gasteiger partial charge in [0.1, 0.15) is 5.82 Å². The SMILES string of the molecule is CNC(C)C(=O)Nc1ncc(-c2cccc(C(=O)N(C)C)c2)n(Cc2cc(-n3cc(C)c4cc(F)ccc43)cc(C(F)(F)F)c2)c1=O. The van der Waals surface area contributed by atoms with E-state index >= 15 is 0 Å². The van der Waals surface area contributed by atoms with Gasteiger partial charge in [0.2, 0.25) is 5.91 Å². The van der Waals surface area contributed by atoms with Crippen LogP contribution in [0.2, 0.25) is 0 Å². The molecule has 0 aliphatic heterocycles. The number of carbonyl (C=O) groups excluding carboxylic acids is 2. The molecule has 0 fully saturated rings. The van der Waals surface area contributed by atoms with Gasteiger partial charge in [0, 0.05) is 42.5 Å². The first-order valence-corrected chi connectivity index (χ1v) is 14.6. The molecule has 244 valence electrons. The Hall–Kier alpha value is -5.30. The topological polar surface area (TPSA) is 101 Å². The number of alkyl halides is 3. The number of halogens is 4. The number of hydrogen-bond donors (Lipinski definition) is 2. The molecule has 47 heavy (non-hydrogen) atoms. The summed E-state index contributed by atoms with van der Waals surface area (Å²) in [4.78, 5) is 44.8. The van der Waals surface area contributed by atoms with E-state index in [1.807, 2.05) is 0 Å². The quantitative estimate of drug-likeness (QED) is 0.213. The number of aromatic nitrogens is 3. The Morgan fingerprint density at radius 3 is 2.47 bits per heavy atom. The summed E-state index contributed by atoms with van der Waals surface area (Å²) in [7, 11) is 4.75. The summed E-state index contributed by atoms with van der Waals surface area (Å²) in [6.07, 6.45) is -1.78. The minimum Gasteiger partial charge on any atom is -0.345 e. The van der Waals surface area contributed by atoms with Crippen molar-refractivity contribution in [1.82, 2.24) is 24.3 Å². The minimum absolute atomic E-state index is 0.118. The maximum atomic E-state index is 14.3. The van der Waals surface area contributed by atoms with E-state index in [4.69, 9.17) is 0 Å². The number of nitrogens with one attached hydrogen (secondary N) is 2. The van der Waals surface area contributed by atoms with Crippen molar-refractivity contribution in [3.05, 3.63) is 111 Å². The molecule has 2 amide bonds. The minimum atomic E-state index is -4.73. The van der Waals surface area contributed by atoms with Crippen LogP contribution in [0.1, 0.15) is 34.0 Å². The second kappa shape index (κ2) is 12.8. The third-order valence-electron chi connectivity index (χ3n) is 7.82. The lowest BCUT2D eigenvalue weighted by molar-refractivity contribution is -0.137. The zero-order valence-electron chi connectivity index (χ0n) is 26.2. The molecular weight excluding hydrogens is 616 g/mol. The molecule has 0 saturated carbocycles. The van der Waals surface area contributed by atoms with Crippen molar-refractivity contribution in [2.45, 2.75) is 32.6 Å². The molecule has 0 saturated heterocycles. The smallest absolute Gasteiger partial charge is 0.345 e. The molecule has 3 aromatic carbocycles. The van der Waals surface area contributed by atoms with Crippen LogP contribution >= 0.6 is 0 Å². The Bertz CT molecular complexity index is 2070. The number of nitrogens with zero attached hydrogens (tertiary/aromatic N) is 4. The zero-order chi connectivity index (χ0) is 34.2. The Morgan fingerprint density at radius 2 is 1.79 bits per heavy atom. The summed E-state index contributed by atoms with van der Waals surface area (Å²) in [5.41, 5.74) is 0.650. The number of carbonyl (C=O) groups is 2. The van der Waals surface area contributed by atoms with Crippen LogP contribution in [0.3, 0.4) is 0 Å². The van der Waals surface area contributed by atoms with Crippen LogP contribution in [-0.2, 0) is 17.5 Å².